The van der Waals surface area contributed by atoms with Gasteiger partial charge in [0.15, 0.2) is 0 Å². The topological polar surface area (TPSA) is 28.7 Å². The van der Waals surface area contributed by atoms with Gasteiger partial charge in [-0.05, 0) is 36.6 Å². The van der Waals surface area contributed by atoms with E-state index in [1.165, 1.54) is 16.7 Å². The van der Waals surface area contributed by atoms with E-state index < -0.39 is 0 Å². The lowest BCUT2D eigenvalue weighted by molar-refractivity contribution is 0.833. The Hall–Kier alpha value is -2.35. The number of nitrogens with zero attached hydrogens (tertiary/aromatic N) is 1. The van der Waals surface area contributed by atoms with Gasteiger partial charge in [0.2, 0.25) is 0 Å². The molecule has 2 nitrogen and oxygen atoms in total. The summed E-state index contributed by atoms with van der Waals surface area (Å²) in [5, 5.41) is 1.15. The lowest BCUT2D eigenvalue weighted by atomic mass is 9.97. The molecule has 0 atom stereocenters. The summed E-state index contributed by atoms with van der Waals surface area (Å²) in [6, 6.07) is 14.9. The van der Waals surface area contributed by atoms with Crippen molar-refractivity contribution in [3.8, 4) is 0 Å². The normalized spacial score (nSPS) is 12.3. The van der Waals surface area contributed by atoms with E-state index in [9.17, 15) is 0 Å². The molecule has 0 unspecified atom stereocenters. The molecule has 0 amide bonds. The molecule has 0 bridgehead atoms. The second kappa shape index (κ2) is 5.57. The van der Waals surface area contributed by atoms with Crippen molar-refractivity contribution < 1.29 is 0 Å². The van der Waals surface area contributed by atoms with Gasteiger partial charge in [-0.2, -0.15) is 0 Å². The van der Waals surface area contributed by atoms with Crippen molar-refractivity contribution in [1.29, 1.82) is 0 Å². The molecule has 1 N–H and O–H groups in total. The van der Waals surface area contributed by atoms with Gasteiger partial charge in [0.25, 0.3) is 0 Å². The summed E-state index contributed by atoms with van der Waals surface area (Å²) in [7, 11) is 0. The number of aryl methyl sites for hydroxylation is 1. The molecule has 2 aromatic heterocycles. The molecule has 3 aromatic rings. The Labute approximate surface area is 125 Å². The number of fused-ring (bicyclic) bond motifs is 1. The highest BCUT2D eigenvalue weighted by Gasteiger charge is 2.10. The van der Waals surface area contributed by atoms with E-state index in [1.807, 2.05) is 12.3 Å². The number of pyridine rings is 1. The van der Waals surface area contributed by atoms with Crippen LogP contribution in [0, 0.1) is 12.8 Å². The Morgan fingerprint density at radius 2 is 2.00 bits per heavy atom. The SMILES string of the molecule is Cc1cccc(C(=CC(C)C)c2cc3cccnc3[nH]2)c1. The first-order chi connectivity index (χ1) is 10.1. The Kier molecular flexibility index (Phi) is 3.61. The van der Waals surface area contributed by atoms with Crippen LogP contribution in [0.4, 0.5) is 0 Å². The highest BCUT2D eigenvalue weighted by Crippen LogP contribution is 2.27. The highest BCUT2D eigenvalue weighted by molar-refractivity contribution is 5.86. The molecule has 0 radical (unpaired) electrons. The van der Waals surface area contributed by atoms with Crippen LogP contribution >= 0.6 is 0 Å². The van der Waals surface area contributed by atoms with Crippen molar-refractivity contribution in [1.82, 2.24) is 9.97 Å². The van der Waals surface area contributed by atoms with Crippen LogP contribution in [-0.4, -0.2) is 9.97 Å². The van der Waals surface area contributed by atoms with Crippen LogP contribution in [-0.2, 0) is 0 Å². The predicted octanol–water partition coefficient (Wildman–Crippen LogP) is 4.96. The van der Waals surface area contributed by atoms with E-state index in [1.54, 1.807) is 0 Å². The smallest absolute Gasteiger partial charge is 0.137 e. The van der Waals surface area contributed by atoms with Crippen LogP contribution in [0.15, 0.2) is 54.7 Å². The molecule has 0 aliphatic rings. The number of hydrogen-bond acceptors (Lipinski definition) is 1. The van der Waals surface area contributed by atoms with Crippen molar-refractivity contribution in [2.45, 2.75) is 20.8 Å². The monoisotopic (exact) mass is 276 g/mol. The summed E-state index contributed by atoms with van der Waals surface area (Å²) >= 11 is 0. The second-order valence-electron chi connectivity index (χ2n) is 5.82. The first-order valence-corrected chi connectivity index (χ1v) is 7.36. The summed E-state index contributed by atoms with van der Waals surface area (Å²) in [5.41, 5.74) is 5.83. The third kappa shape index (κ3) is 2.89. The van der Waals surface area contributed by atoms with Crippen LogP contribution in [0.5, 0.6) is 0 Å². The number of allylic oxidation sites excluding steroid dienone is 1. The summed E-state index contributed by atoms with van der Waals surface area (Å²) < 4.78 is 0. The first kappa shape index (κ1) is 13.6. The molecule has 106 valence electrons. The Balaban J connectivity index is 2.16. The molecule has 1 aromatic carbocycles. The van der Waals surface area contributed by atoms with E-state index in [0.29, 0.717) is 5.92 Å². The zero-order chi connectivity index (χ0) is 14.8. The van der Waals surface area contributed by atoms with Gasteiger partial charge in [-0.25, -0.2) is 4.98 Å². The molecule has 0 spiro atoms. The minimum Gasteiger partial charge on any atom is -0.339 e. The van der Waals surface area contributed by atoms with Crippen molar-refractivity contribution in [3.63, 3.8) is 0 Å². The number of rotatable bonds is 3. The molecular weight excluding hydrogens is 256 g/mol. The molecular formula is C19H20N2. The standard InChI is InChI=1S/C19H20N2/c1-13(2)10-17(15-7-4-6-14(3)11-15)18-12-16-8-5-9-20-19(16)21-18/h4-13H,1-3H3,(H,20,21). The van der Waals surface area contributed by atoms with Crippen LogP contribution in [0.25, 0.3) is 16.6 Å². The predicted molar refractivity (Wildman–Crippen MR) is 89.2 cm³/mol. The average molecular weight is 276 g/mol. The number of nitrogens with one attached hydrogen (secondary N) is 1. The van der Waals surface area contributed by atoms with Crippen LogP contribution in [0.3, 0.4) is 0 Å². The minimum absolute atomic E-state index is 0.486. The quantitative estimate of drug-likeness (QED) is 0.719. The molecule has 0 fully saturated rings. The van der Waals surface area contributed by atoms with Crippen LogP contribution in [0.1, 0.15) is 30.7 Å². The van der Waals surface area contributed by atoms with Gasteiger partial charge in [0, 0.05) is 22.9 Å². The molecule has 2 heterocycles. The Bertz CT molecular complexity index is 761. The van der Waals surface area contributed by atoms with Crippen molar-refractivity contribution >= 4 is 16.6 Å². The van der Waals surface area contributed by atoms with E-state index in [-0.39, 0.29) is 0 Å². The fourth-order valence-corrected chi connectivity index (χ4v) is 2.59. The van der Waals surface area contributed by atoms with Gasteiger partial charge in [0.1, 0.15) is 5.65 Å². The summed E-state index contributed by atoms with van der Waals surface area (Å²) in [6.07, 6.45) is 4.13. The molecule has 2 heteroatoms. The zero-order valence-electron chi connectivity index (χ0n) is 12.7. The van der Waals surface area contributed by atoms with E-state index >= 15 is 0 Å². The number of benzene rings is 1. The maximum Gasteiger partial charge on any atom is 0.137 e. The largest absolute Gasteiger partial charge is 0.339 e. The van der Waals surface area contributed by atoms with Gasteiger partial charge in [0.05, 0.1) is 0 Å². The number of aromatic nitrogens is 2. The van der Waals surface area contributed by atoms with Crippen molar-refractivity contribution in [2.24, 2.45) is 5.92 Å². The van der Waals surface area contributed by atoms with Gasteiger partial charge in [-0.15, -0.1) is 0 Å². The third-order valence-electron chi connectivity index (χ3n) is 3.51. The van der Waals surface area contributed by atoms with Crippen molar-refractivity contribution in [2.75, 3.05) is 0 Å². The van der Waals surface area contributed by atoms with Gasteiger partial charge < -0.3 is 4.98 Å². The fraction of sp³-hybridized carbons (Fsp3) is 0.211. The average Bonchev–Trinajstić information content (AvgIpc) is 2.88. The molecule has 21 heavy (non-hydrogen) atoms. The number of aromatic amines is 1. The Morgan fingerprint density at radius 3 is 2.71 bits per heavy atom. The van der Waals surface area contributed by atoms with Crippen LogP contribution < -0.4 is 0 Å². The van der Waals surface area contributed by atoms with E-state index in [4.69, 9.17) is 0 Å². The lowest BCUT2D eigenvalue weighted by Crippen LogP contribution is -1.92. The first-order valence-electron chi connectivity index (χ1n) is 7.36. The van der Waals surface area contributed by atoms with Gasteiger partial charge >= 0.3 is 0 Å². The highest BCUT2D eigenvalue weighted by atomic mass is 14.9. The van der Waals surface area contributed by atoms with Crippen molar-refractivity contribution in [3.05, 3.63) is 71.6 Å². The molecule has 0 aliphatic carbocycles. The molecule has 0 saturated carbocycles. The van der Waals surface area contributed by atoms with Crippen LogP contribution in [0.2, 0.25) is 0 Å². The maximum atomic E-state index is 4.39. The van der Waals surface area contributed by atoms with Gasteiger partial charge in [-0.1, -0.05) is 49.8 Å². The van der Waals surface area contributed by atoms with Gasteiger partial charge in [-0.3, -0.25) is 0 Å². The summed E-state index contributed by atoms with van der Waals surface area (Å²) in [4.78, 5) is 7.83. The minimum atomic E-state index is 0.486. The second-order valence-corrected chi connectivity index (χ2v) is 5.82. The fourth-order valence-electron chi connectivity index (χ4n) is 2.59. The Morgan fingerprint density at radius 1 is 1.14 bits per heavy atom. The number of hydrogen-bond donors (Lipinski definition) is 1. The molecule has 0 aliphatic heterocycles. The molecule has 3 rings (SSSR count). The zero-order valence-corrected chi connectivity index (χ0v) is 12.7. The molecule has 0 saturated heterocycles. The lowest BCUT2D eigenvalue weighted by Gasteiger charge is -2.09. The summed E-state index contributed by atoms with van der Waals surface area (Å²) in [6.45, 7) is 6.54. The maximum absolute atomic E-state index is 4.39. The van der Waals surface area contributed by atoms with E-state index in [2.05, 4.69) is 73.2 Å². The summed E-state index contributed by atoms with van der Waals surface area (Å²) in [5.74, 6) is 0.486. The number of H-pyrrole nitrogens is 1. The third-order valence-corrected chi connectivity index (χ3v) is 3.51. The van der Waals surface area contributed by atoms with E-state index in [0.717, 1.165) is 16.7 Å².